The van der Waals surface area contributed by atoms with Crippen LogP contribution in [0.15, 0.2) is 12.3 Å². The fraction of sp³-hybridized carbons (Fsp3) is 0.731. The Morgan fingerprint density at radius 1 is 1.24 bits per heavy atom. The summed E-state index contributed by atoms with van der Waals surface area (Å²) in [4.78, 5) is 24.9. The van der Waals surface area contributed by atoms with E-state index in [0.29, 0.717) is 35.8 Å². The molecule has 3 bridgehead atoms. The van der Waals surface area contributed by atoms with Crippen molar-refractivity contribution in [2.45, 2.75) is 84.7 Å². The fourth-order valence-corrected chi connectivity index (χ4v) is 6.32. The molecule has 1 aromatic rings. The maximum atomic E-state index is 13.5. The average molecular weight is 457 g/mol. The summed E-state index contributed by atoms with van der Waals surface area (Å²) in [6.07, 6.45) is 13.0. The largest absolute Gasteiger partial charge is 0.477 e. The molecule has 0 saturated heterocycles. The zero-order valence-electron chi connectivity index (χ0n) is 20.8. The van der Waals surface area contributed by atoms with Crippen molar-refractivity contribution in [2.75, 3.05) is 6.61 Å². The highest BCUT2D eigenvalue weighted by Crippen LogP contribution is 2.53. The first-order valence-electron chi connectivity index (χ1n) is 12.6. The SMILES string of the molecule is CC(=O)NC(C)(C)/C=C/n1ncc(C(=O)N[C@@H]2C3CC4CCCC2C(C4)C3)c1OCC(C)C. The lowest BCUT2D eigenvalue weighted by Crippen LogP contribution is -2.42. The topological polar surface area (TPSA) is 85.2 Å². The molecule has 0 spiro atoms. The number of nitrogens with zero attached hydrogens (tertiary/aromatic N) is 2. The normalized spacial score (nSPS) is 28.8. The molecule has 3 aliphatic rings. The quantitative estimate of drug-likeness (QED) is 0.612. The van der Waals surface area contributed by atoms with Gasteiger partial charge in [0, 0.05) is 19.2 Å². The summed E-state index contributed by atoms with van der Waals surface area (Å²) in [5.41, 5.74) is -0.0691. The number of ether oxygens (including phenoxy) is 1. The van der Waals surface area contributed by atoms with E-state index in [1.807, 2.05) is 19.9 Å². The number of aromatic nitrogens is 2. The van der Waals surface area contributed by atoms with Gasteiger partial charge in [-0.05, 0) is 75.2 Å². The molecule has 2 N–H and O–H groups in total. The van der Waals surface area contributed by atoms with E-state index in [0.717, 1.165) is 11.8 Å². The third-order valence-corrected chi connectivity index (χ3v) is 7.58. The minimum atomic E-state index is -0.547. The molecule has 0 radical (unpaired) electrons. The Hall–Kier alpha value is -2.31. The monoisotopic (exact) mass is 456 g/mol. The van der Waals surface area contributed by atoms with Gasteiger partial charge in [-0.1, -0.05) is 26.7 Å². The van der Waals surface area contributed by atoms with E-state index < -0.39 is 5.54 Å². The van der Waals surface area contributed by atoms with Crippen LogP contribution in [0.3, 0.4) is 0 Å². The van der Waals surface area contributed by atoms with Crippen molar-refractivity contribution in [2.24, 2.45) is 29.6 Å². The molecule has 3 fully saturated rings. The van der Waals surface area contributed by atoms with E-state index in [2.05, 4.69) is 29.6 Å². The summed E-state index contributed by atoms with van der Waals surface area (Å²) in [5, 5.41) is 10.7. The highest BCUT2D eigenvalue weighted by Gasteiger charge is 2.49. The molecule has 33 heavy (non-hydrogen) atoms. The molecule has 3 saturated carbocycles. The van der Waals surface area contributed by atoms with E-state index in [1.54, 1.807) is 17.1 Å². The Labute approximate surface area is 197 Å². The second-order valence-electron chi connectivity index (χ2n) is 11.4. The highest BCUT2D eigenvalue weighted by atomic mass is 16.5. The maximum Gasteiger partial charge on any atom is 0.258 e. The zero-order valence-corrected chi connectivity index (χ0v) is 20.8. The van der Waals surface area contributed by atoms with Crippen LogP contribution in [0.1, 0.15) is 83.5 Å². The first kappa shape index (κ1) is 23.8. The Morgan fingerprint density at radius 2 is 2.00 bits per heavy atom. The van der Waals surface area contributed by atoms with Gasteiger partial charge in [-0.2, -0.15) is 5.10 Å². The Kier molecular flexibility index (Phi) is 6.87. The van der Waals surface area contributed by atoms with Crippen LogP contribution < -0.4 is 15.4 Å². The first-order valence-corrected chi connectivity index (χ1v) is 12.6. The van der Waals surface area contributed by atoms with E-state index in [1.165, 1.54) is 45.4 Å². The van der Waals surface area contributed by atoms with Crippen molar-refractivity contribution in [3.8, 4) is 5.88 Å². The maximum absolute atomic E-state index is 13.5. The number of rotatable bonds is 8. The lowest BCUT2D eigenvalue weighted by Gasteiger charge is -2.30. The average Bonchev–Trinajstić information content (AvgIpc) is 3.18. The summed E-state index contributed by atoms with van der Waals surface area (Å²) >= 11 is 0. The Balaban J connectivity index is 1.54. The van der Waals surface area contributed by atoms with Gasteiger partial charge in [0.05, 0.1) is 18.3 Å². The summed E-state index contributed by atoms with van der Waals surface area (Å²) in [6, 6.07) is 0.267. The molecule has 4 unspecified atom stereocenters. The van der Waals surface area contributed by atoms with Gasteiger partial charge in [0.25, 0.3) is 5.91 Å². The van der Waals surface area contributed by atoms with Crippen LogP contribution in [-0.2, 0) is 4.79 Å². The second-order valence-corrected chi connectivity index (χ2v) is 11.4. The molecule has 5 atom stereocenters. The van der Waals surface area contributed by atoms with Crippen LogP contribution in [0.5, 0.6) is 5.88 Å². The van der Waals surface area contributed by atoms with Crippen molar-refractivity contribution in [1.82, 2.24) is 20.4 Å². The van der Waals surface area contributed by atoms with Gasteiger partial charge in [-0.3, -0.25) is 9.59 Å². The van der Waals surface area contributed by atoms with Crippen molar-refractivity contribution in [3.63, 3.8) is 0 Å². The van der Waals surface area contributed by atoms with Gasteiger partial charge in [0.1, 0.15) is 5.56 Å². The van der Waals surface area contributed by atoms with Gasteiger partial charge >= 0.3 is 0 Å². The summed E-state index contributed by atoms with van der Waals surface area (Å²) in [5.74, 6) is 3.43. The van der Waals surface area contributed by atoms with Crippen LogP contribution in [0.25, 0.3) is 6.20 Å². The lowest BCUT2D eigenvalue weighted by atomic mass is 9.79. The van der Waals surface area contributed by atoms with Crippen molar-refractivity contribution >= 4 is 18.0 Å². The van der Waals surface area contributed by atoms with Crippen LogP contribution in [0.2, 0.25) is 0 Å². The van der Waals surface area contributed by atoms with E-state index in [9.17, 15) is 9.59 Å². The predicted molar refractivity (Wildman–Crippen MR) is 129 cm³/mol. The highest BCUT2D eigenvalue weighted by molar-refractivity contribution is 5.96. The number of fused-ring (bicyclic) bond motifs is 2. The molecule has 1 heterocycles. The summed E-state index contributed by atoms with van der Waals surface area (Å²) in [7, 11) is 0. The Morgan fingerprint density at radius 3 is 2.73 bits per heavy atom. The number of nitrogens with one attached hydrogen (secondary N) is 2. The summed E-state index contributed by atoms with van der Waals surface area (Å²) < 4.78 is 7.67. The van der Waals surface area contributed by atoms with E-state index in [-0.39, 0.29) is 17.9 Å². The van der Waals surface area contributed by atoms with E-state index in [4.69, 9.17) is 4.74 Å². The lowest BCUT2D eigenvalue weighted by molar-refractivity contribution is -0.120. The minimum Gasteiger partial charge on any atom is -0.477 e. The number of amides is 2. The third-order valence-electron chi connectivity index (χ3n) is 7.58. The van der Waals surface area contributed by atoms with Gasteiger partial charge in [0.2, 0.25) is 11.8 Å². The number of carbonyl (C=O) groups is 2. The number of hydrogen-bond donors (Lipinski definition) is 2. The molecular weight excluding hydrogens is 416 g/mol. The molecule has 4 rings (SSSR count). The molecule has 7 heteroatoms. The van der Waals surface area contributed by atoms with Crippen LogP contribution in [0, 0.1) is 29.6 Å². The Bertz CT molecular complexity index is 903. The minimum absolute atomic E-state index is 0.0887. The van der Waals surface area contributed by atoms with Crippen LogP contribution >= 0.6 is 0 Å². The molecule has 3 aliphatic carbocycles. The third kappa shape index (κ3) is 5.44. The molecule has 0 aromatic carbocycles. The van der Waals surface area contributed by atoms with Gasteiger partial charge < -0.3 is 15.4 Å². The molecule has 2 amide bonds. The molecule has 1 aromatic heterocycles. The number of carbonyl (C=O) groups excluding carboxylic acids is 2. The van der Waals surface area contributed by atoms with Gasteiger partial charge in [-0.15, -0.1) is 0 Å². The standard InChI is InChI=1S/C26H40N4O3/c1-16(2)15-33-25-22(14-27-30(25)10-9-26(4,5)29-17(3)31)24(32)28-23-20-12-18-7-6-8-21(23)19(11-18)13-20/h9-10,14,16,18-21,23H,6-8,11-13,15H2,1-5H3,(H,28,32)(H,29,31)/b10-9+/t18?,19?,20?,21?,23-/m1/s1. The van der Waals surface area contributed by atoms with E-state index >= 15 is 0 Å². The zero-order chi connectivity index (χ0) is 23.8. The second kappa shape index (κ2) is 9.51. The number of hydrogen-bond acceptors (Lipinski definition) is 4. The molecule has 182 valence electrons. The molecular formula is C26H40N4O3. The van der Waals surface area contributed by atoms with Crippen molar-refractivity contribution < 1.29 is 14.3 Å². The molecule has 7 nitrogen and oxygen atoms in total. The fourth-order valence-electron chi connectivity index (χ4n) is 6.32. The van der Waals surface area contributed by atoms with Crippen molar-refractivity contribution in [1.29, 1.82) is 0 Å². The van der Waals surface area contributed by atoms with Gasteiger partial charge in [0.15, 0.2) is 0 Å². The van der Waals surface area contributed by atoms with Crippen LogP contribution in [-0.4, -0.2) is 39.8 Å². The van der Waals surface area contributed by atoms with Gasteiger partial charge in [-0.25, -0.2) is 4.68 Å². The molecule has 0 aliphatic heterocycles. The summed E-state index contributed by atoms with van der Waals surface area (Å²) in [6.45, 7) is 9.96. The van der Waals surface area contributed by atoms with Crippen molar-refractivity contribution in [3.05, 3.63) is 17.8 Å². The predicted octanol–water partition coefficient (Wildman–Crippen LogP) is 4.25. The smallest absolute Gasteiger partial charge is 0.258 e. The van der Waals surface area contributed by atoms with Crippen LogP contribution in [0.4, 0.5) is 0 Å². The first-order chi connectivity index (χ1) is 15.6.